The predicted molar refractivity (Wildman–Crippen MR) is 83.7 cm³/mol. The fraction of sp³-hybridized carbons (Fsp3) is 0.0769. The maximum atomic E-state index is 13.1. The maximum absolute atomic E-state index is 13.1. The molecule has 3 N–H and O–H groups in total. The Balaban J connectivity index is 2.51. The SMILES string of the molecule is CS(=O)(=O)c1cccc(Nc2c(Cl)cc(F)cc2Cl)c1N. The fourth-order valence-corrected chi connectivity index (χ4v) is 3.16. The number of rotatable bonds is 3. The number of nitrogens with one attached hydrogen (secondary N) is 1. The number of hydrogen-bond acceptors (Lipinski definition) is 4. The van der Waals surface area contributed by atoms with Crippen LogP contribution in [-0.4, -0.2) is 14.7 Å². The van der Waals surface area contributed by atoms with E-state index in [2.05, 4.69) is 5.32 Å². The number of nitrogens with two attached hydrogens (primary N) is 1. The lowest BCUT2D eigenvalue weighted by molar-refractivity contribution is 0.602. The largest absolute Gasteiger partial charge is 0.396 e. The molecular weight excluding hydrogens is 338 g/mol. The third-order valence-electron chi connectivity index (χ3n) is 2.73. The molecule has 2 rings (SSSR count). The third-order valence-corrected chi connectivity index (χ3v) is 4.48. The van der Waals surface area contributed by atoms with Crippen LogP contribution in [0.3, 0.4) is 0 Å². The first-order valence-corrected chi connectivity index (χ1v) is 8.35. The van der Waals surface area contributed by atoms with Gasteiger partial charge in [-0.1, -0.05) is 29.3 Å². The van der Waals surface area contributed by atoms with Gasteiger partial charge in [-0.15, -0.1) is 0 Å². The molecule has 2 aromatic carbocycles. The monoisotopic (exact) mass is 348 g/mol. The molecule has 0 saturated heterocycles. The van der Waals surface area contributed by atoms with E-state index in [1.165, 1.54) is 12.1 Å². The van der Waals surface area contributed by atoms with Crippen LogP contribution in [0.2, 0.25) is 10.0 Å². The first-order chi connectivity index (χ1) is 9.70. The third kappa shape index (κ3) is 3.40. The first-order valence-electron chi connectivity index (χ1n) is 5.70. The van der Waals surface area contributed by atoms with Crippen molar-refractivity contribution in [3.63, 3.8) is 0 Å². The normalized spacial score (nSPS) is 11.4. The van der Waals surface area contributed by atoms with E-state index in [0.29, 0.717) is 5.69 Å². The van der Waals surface area contributed by atoms with Crippen LogP contribution in [0.1, 0.15) is 0 Å². The van der Waals surface area contributed by atoms with E-state index in [1.54, 1.807) is 6.07 Å². The molecule has 21 heavy (non-hydrogen) atoms. The summed E-state index contributed by atoms with van der Waals surface area (Å²) in [6.45, 7) is 0. The van der Waals surface area contributed by atoms with E-state index in [0.717, 1.165) is 18.4 Å². The van der Waals surface area contributed by atoms with Crippen molar-refractivity contribution >= 4 is 50.1 Å². The number of nitrogen functional groups attached to an aromatic ring is 1. The van der Waals surface area contributed by atoms with Crippen molar-refractivity contribution in [3.05, 3.63) is 46.2 Å². The number of benzene rings is 2. The molecule has 0 aliphatic carbocycles. The molecule has 0 unspecified atom stereocenters. The topological polar surface area (TPSA) is 72.2 Å². The lowest BCUT2D eigenvalue weighted by Crippen LogP contribution is -2.05. The van der Waals surface area contributed by atoms with Gasteiger partial charge in [-0.3, -0.25) is 0 Å². The smallest absolute Gasteiger partial charge is 0.177 e. The van der Waals surface area contributed by atoms with E-state index >= 15 is 0 Å². The second kappa shape index (κ2) is 5.71. The van der Waals surface area contributed by atoms with E-state index in [-0.39, 0.29) is 26.3 Å². The second-order valence-electron chi connectivity index (χ2n) is 4.36. The first kappa shape index (κ1) is 15.9. The Morgan fingerprint density at radius 3 is 2.29 bits per heavy atom. The maximum Gasteiger partial charge on any atom is 0.177 e. The Morgan fingerprint density at radius 1 is 1.19 bits per heavy atom. The Morgan fingerprint density at radius 2 is 1.76 bits per heavy atom. The quantitative estimate of drug-likeness (QED) is 0.826. The molecule has 0 heterocycles. The van der Waals surface area contributed by atoms with Crippen LogP contribution in [-0.2, 0) is 9.84 Å². The summed E-state index contributed by atoms with van der Waals surface area (Å²) in [5.41, 5.74) is 6.44. The molecule has 0 saturated carbocycles. The molecule has 8 heteroatoms. The molecule has 0 aliphatic heterocycles. The average molecular weight is 349 g/mol. The lowest BCUT2D eigenvalue weighted by atomic mass is 10.2. The van der Waals surface area contributed by atoms with Crippen molar-refractivity contribution in [1.82, 2.24) is 0 Å². The standard InChI is InChI=1S/C13H11Cl2FN2O2S/c1-21(19,20)11-4-2-3-10(12(11)17)18-13-8(14)5-7(16)6-9(13)15/h2-6,18H,17H2,1H3. The van der Waals surface area contributed by atoms with Crippen molar-refractivity contribution in [1.29, 1.82) is 0 Å². The molecule has 0 aliphatic rings. The molecule has 0 radical (unpaired) electrons. The zero-order chi connectivity index (χ0) is 15.8. The highest BCUT2D eigenvalue weighted by molar-refractivity contribution is 7.90. The van der Waals surface area contributed by atoms with Crippen LogP contribution < -0.4 is 11.1 Å². The Labute approximate surface area is 131 Å². The van der Waals surface area contributed by atoms with E-state index in [4.69, 9.17) is 28.9 Å². The minimum absolute atomic E-state index is 0.0122. The van der Waals surface area contributed by atoms with Crippen molar-refractivity contribution < 1.29 is 12.8 Å². The molecule has 0 spiro atoms. The van der Waals surface area contributed by atoms with E-state index in [1.807, 2.05) is 0 Å². The molecule has 0 amide bonds. The van der Waals surface area contributed by atoms with Crippen LogP contribution in [0.15, 0.2) is 35.2 Å². The number of anilines is 3. The highest BCUT2D eigenvalue weighted by atomic mass is 35.5. The summed E-state index contributed by atoms with van der Waals surface area (Å²) in [7, 11) is -3.47. The molecule has 0 atom stereocenters. The van der Waals surface area contributed by atoms with Gasteiger partial charge in [0, 0.05) is 6.26 Å². The van der Waals surface area contributed by atoms with Gasteiger partial charge in [-0.05, 0) is 24.3 Å². The zero-order valence-corrected chi connectivity index (χ0v) is 13.2. The van der Waals surface area contributed by atoms with E-state index < -0.39 is 15.7 Å². The number of halogens is 3. The van der Waals surface area contributed by atoms with Crippen molar-refractivity contribution in [2.45, 2.75) is 4.90 Å². The minimum atomic E-state index is -3.47. The second-order valence-corrected chi connectivity index (χ2v) is 7.16. The zero-order valence-electron chi connectivity index (χ0n) is 10.8. The van der Waals surface area contributed by atoms with Gasteiger partial charge in [-0.2, -0.15) is 0 Å². The van der Waals surface area contributed by atoms with Gasteiger partial charge in [0.25, 0.3) is 0 Å². The molecule has 0 aromatic heterocycles. The van der Waals surface area contributed by atoms with Crippen molar-refractivity contribution in [3.8, 4) is 0 Å². The highest BCUT2D eigenvalue weighted by Crippen LogP contribution is 2.36. The van der Waals surface area contributed by atoms with Gasteiger partial charge in [0.15, 0.2) is 9.84 Å². The van der Waals surface area contributed by atoms with Crippen LogP contribution in [0.4, 0.5) is 21.5 Å². The van der Waals surface area contributed by atoms with Crippen LogP contribution in [0, 0.1) is 5.82 Å². The van der Waals surface area contributed by atoms with Crippen LogP contribution in [0.25, 0.3) is 0 Å². The van der Waals surface area contributed by atoms with Crippen LogP contribution in [0.5, 0.6) is 0 Å². The van der Waals surface area contributed by atoms with Gasteiger partial charge in [0.1, 0.15) is 5.82 Å². The Bertz CT molecular complexity index is 787. The van der Waals surface area contributed by atoms with Gasteiger partial charge < -0.3 is 11.1 Å². The van der Waals surface area contributed by atoms with E-state index in [9.17, 15) is 12.8 Å². The molecule has 4 nitrogen and oxygen atoms in total. The Hall–Kier alpha value is -1.50. The minimum Gasteiger partial charge on any atom is -0.396 e. The Kier molecular flexibility index (Phi) is 4.32. The molecule has 0 bridgehead atoms. The van der Waals surface area contributed by atoms with Gasteiger partial charge in [0.05, 0.1) is 32.0 Å². The van der Waals surface area contributed by atoms with Crippen molar-refractivity contribution in [2.75, 3.05) is 17.3 Å². The average Bonchev–Trinajstić information content (AvgIpc) is 2.33. The van der Waals surface area contributed by atoms with Crippen molar-refractivity contribution in [2.24, 2.45) is 0 Å². The summed E-state index contributed by atoms with van der Waals surface area (Å²) in [6, 6.07) is 6.67. The molecular formula is C13H11Cl2FN2O2S. The highest BCUT2D eigenvalue weighted by Gasteiger charge is 2.16. The summed E-state index contributed by atoms with van der Waals surface area (Å²) in [5, 5.41) is 2.95. The molecule has 2 aromatic rings. The number of hydrogen-bond donors (Lipinski definition) is 2. The van der Waals surface area contributed by atoms with Gasteiger partial charge in [0.2, 0.25) is 0 Å². The summed E-state index contributed by atoms with van der Waals surface area (Å²) in [5.74, 6) is -0.576. The summed E-state index contributed by atoms with van der Waals surface area (Å²) >= 11 is 11.8. The fourth-order valence-electron chi connectivity index (χ4n) is 1.77. The molecule has 112 valence electrons. The lowest BCUT2D eigenvalue weighted by Gasteiger charge is -2.14. The predicted octanol–water partition coefficient (Wildman–Crippen LogP) is 3.86. The van der Waals surface area contributed by atoms with Gasteiger partial charge >= 0.3 is 0 Å². The number of sulfone groups is 1. The number of para-hydroxylation sites is 1. The summed E-state index contributed by atoms with van der Waals surface area (Å²) in [6.07, 6.45) is 1.06. The summed E-state index contributed by atoms with van der Waals surface area (Å²) < 4.78 is 36.4. The molecule has 0 fully saturated rings. The summed E-state index contributed by atoms with van der Waals surface area (Å²) in [4.78, 5) is -0.0122. The van der Waals surface area contributed by atoms with Crippen LogP contribution >= 0.6 is 23.2 Å². The van der Waals surface area contributed by atoms with Gasteiger partial charge in [-0.25, -0.2) is 12.8 Å².